The number of hydrogen-bond donors (Lipinski definition) is 3. The fourth-order valence-electron chi connectivity index (χ4n) is 4.50. The van der Waals surface area contributed by atoms with Gasteiger partial charge in [-0.1, -0.05) is 80.8 Å². The number of rotatable bonds is 15. The summed E-state index contributed by atoms with van der Waals surface area (Å²) in [5.74, 6) is -1.41. The Bertz CT molecular complexity index is 1150. The van der Waals surface area contributed by atoms with Crippen molar-refractivity contribution in [2.45, 2.75) is 97.4 Å². The number of nitrogens with two attached hydrogens (primary N) is 1. The van der Waals surface area contributed by atoms with E-state index in [4.69, 9.17) is 10.5 Å². The summed E-state index contributed by atoms with van der Waals surface area (Å²) in [7, 11) is 0. The topological polar surface area (TPSA) is 131 Å². The van der Waals surface area contributed by atoms with E-state index in [1.807, 2.05) is 61.5 Å². The standard InChI is InChI=1S/C32H46N4O5/c1-6-7-8-14-21-36(30(39)26(19-20-27(33)37)35-31(40)41-32(3,4)5)28(25-18-13-12-15-23(25)2)29(38)34-22-24-16-10-9-11-17-24/h9-13,15-18,26,28H,6-8,14,19-22H2,1-5H3,(H2,33,37)(H,34,38)(H,35,40). The van der Waals surface area contributed by atoms with E-state index in [0.717, 1.165) is 30.4 Å². The van der Waals surface area contributed by atoms with Crippen molar-refractivity contribution < 1.29 is 23.9 Å². The zero-order valence-corrected chi connectivity index (χ0v) is 25.1. The molecule has 2 unspecified atom stereocenters. The van der Waals surface area contributed by atoms with Gasteiger partial charge in [0.2, 0.25) is 17.7 Å². The van der Waals surface area contributed by atoms with Crippen molar-refractivity contribution in [2.24, 2.45) is 5.73 Å². The second-order valence-corrected chi connectivity index (χ2v) is 11.3. The normalized spacial score (nSPS) is 12.6. The maximum absolute atomic E-state index is 14.2. The number of carbonyl (C=O) groups excluding carboxylic acids is 4. The van der Waals surface area contributed by atoms with Crippen molar-refractivity contribution in [3.8, 4) is 0 Å². The Morgan fingerprint density at radius 1 is 0.951 bits per heavy atom. The van der Waals surface area contributed by atoms with Crippen LogP contribution in [0.3, 0.4) is 0 Å². The molecule has 0 spiro atoms. The minimum Gasteiger partial charge on any atom is -0.444 e. The fourth-order valence-corrected chi connectivity index (χ4v) is 4.50. The Kier molecular flexibility index (Phi) is 13.3. The molecule has 0 saturated heterocycles. The molecule has 41 heavy (non-hydrogen) atoms. The summed E-state index contributed by atoms with van der Waals surface area (Å²) in [5, 5.41) is 5.64. The second kappa shape index (κ2) is 16.4. The highest BCUT2D eigenvalue weighted by Crippen LogP contribution is 2.27. The first-order valence-electron chi connectivity index (χ1n) is 14.4. The van der Waals surface area contributed by atoms with Crippen molar-refractivity contribution in [3.05, 3.63) is 71.3 Å². The summed E-state index contributed by atoms with van der Waals surface area (Å²) < 4.78 is 5.40. The number of amides is 4. The van der Waals surface area contributed by atoms with Crippen LogP contribution >= 0.6 is 0 Å². The van der Waals surface area contributed by atoms with Gasteiger partial charge < -0.3 is 26.0 Å². The number of nitrogens with zero attached hydrogens (tertiary/aromatic N) is 1. The van der Waals surface area contributed by atoms with Crippen LogP contribution in [0.5, 0.6) is 0 Å². The van der Waals surface area contributed by atoms with Gasteiger partial charge in [0.05, 0.1) is 0 Å². The van der Waals surface area contributed by atoms with Gasteiger partial charge in [0.15, 0.2) is 0 Å². The van der Waals surface area contributed by atoms with Gasteiger partial charge in [0.25, 0.3) is 0 Å². The van der Waals surface area contributed by atoms with E-state index in [9.17, 15) is 19.2 Å². The molecular weight excluding hydrogens is 520 g/mol. The van der Waals surface area contributed by atoms with E-state index in [2.05, 4.69) is 17.6 Å². The SMILES string of the molecule is CCCCCCN(C(=O)C(CCC(N)=O)NC(=O)OC(C)(C)C)C(C(=O)NCc1ccccc1)c1ccccc1C. The molecule has 4 amide bonds. The van der Waals surface area contributed by atoms with E-state index in [0.29, 0.717) is 25.1 Å². The van der Waals surface area contributed by atoms with Gasteiger partial charge in [-0.3, -0.25) is 14.4 Å². The number of hydrogen-bond acceptors (Lipinski definition) is 5. The number of benzene rings is 2. The van der Waals surface area contributed by atoms with Crippen LogP contribution < -0.4 is 16.4 Å². The van der Waals surface area contributed by atoms with E-state index >= 15 is 0 Å². The molecule has 0 aliphatic carbocycles. The zero-order valence-electron chi connectivity index (χ0n) is 25.1. The van der Waals surface area contributed by atoms with E-state index < -0.39 is 35.6 Å². The maximum Gasteiger partial charge on any atom is 0.408 e. The molecule has 0 heterocycles. The molecular formula is C32H46N4O5. The Labute approximate surface area is 244 Å². The van der Waals surface area contributed by atoms with Crippen molar-refractivity contribution in [3.63, 3.8) is 0 Å². The molecule has 9 nitrogen and oxygen atoms in total. The molecule has 2 aromatic carbocycles. The predicted molar refractivity (Wildman–Crippen MR) is 160 cm³/mol. The molecule has 0 radical (unpaired) electrons. The van der Waals surface area contributed by atoms with Crippen LogP contribution in [0, 0.1) is 6.92 Å². The number of unbranched alkanes of at least 4 members (excludes halogenated alkanes) is 3. The van der Waals surface area contributed by atoms with Gasteiger partial charge in [-0.2, -0.15) is 0 Å². The summed E-state index contributed by atoms with van der Waals surface area (Å²) in [6.07, 6.45) is 2.61. The van der Waals surface area contributed by atoms with Crippen molar-refractivity contribution in [2.75, 3.05) is 6.54 Å². The predicted octanol–water partition coefficient (Wildman–Crippen LogP) is 4.92. The fraction of sp³-hybridized carbons (Fsp3) is 0.500. The summed E-state index contributed by atoms with van der Waals surface area (Å²) in [4.78, 5) is 54.1. The second-order valence-electron chi connectivity index (χ2n) is 11.3. The monoisotopic (exact) mass is 566 g/mol. The first-order chi connectivity index (χ1) is 19.4. The quantitative estimate of drug-likeness (QED) is 0.263. The number of aryl methyl sites for hydroxylation is 1. The third-order valence-electron chi connectivity index (χ3n) is 6.56. The molecule has 9 heteroatoms. The van der Waals surface area contributed by atoms with E-state index in [1.165, 1.54) is 4.90 Å². The minimum atomic E-state index is -1.11. The van der Waals surface area contributed by atoms with Gasteiger partial charge >= 0.3 is 6.09 Å². The Balaban J connectivity index is 2.49. The average Bonchev–Trinajstić information content (AvgIpc) is 2.91. The average molecular weight is 567 g/mol. The first kappa shape index (κ1) is 33.3. The largest absolute Gasteiger partial charge is 0.444 e. The highest BCUT2D eigenvalue weighted by atomic mass is 16.6. The molecule has 0 aliphatic rings. The lowest BCUT2D eigenvalue weighted by atomic mass is 9.97. The number of nitrogens with one attached hydrogen (secondary N) is 2. The van der Waals surface area contributed by atoms with Gasteiger partial charge in [-0.25, -0.2) is 4.79 Å². The molecule has 0 aromatic heterocycles. The highest BCUT2D eigenvalue weighted by molar-refractivity contribution is 5.92. The molecule has 2 atom stereocenters. The molecule has 224 valence electrons. The number of primary amides is 1. The van der Waals surface area contributed by atoms with Crippen LogP contribution in [0.4, 0.5) is 4.79 Å². The van der Waals surface area contributed by atoms with Crippen LogP contribution in [0.2, 0.25) is 0 Å². The van der Waals surface area contributed by atoms with Gasteiger partial charge in [0.1, 0.15) is 17.7 Å². The van der Waals surface area contributed by atoms with Crippen LogP contribution in [0.1, 0.15) is 89.0 Å². The summed E-state index contributed by atoms with van der Waals surface area (Å²) >= 11 is 0. The number of alkyl carbamates (subject to hydrolysis) is 1. The van der Waals surface area contributed by atoms with Gasteiger partial charge in [-0.15, -0.1) is 0 Å². The van der Waals surface area contributed by atoms with Crippen LogP contribution in [-0.4, -0.2) is 46.9 Å². The van der Waals surface area contributed by atoms with E-state index in [1.54, 1.807) is 20.8 Å². The van der Waals surface area contributed by atoms with Gasteiger partial charge in [0, 0.05) is 19.5 Å². The lowest BCUT2D eigenvalue weighted by Crippen LogP contribution is -2.53. The Hall–Kier alpha value is -3.88. The zero-order chi connectivity index (χ0) is 30.4. The molecule has 2 rings (SSSR count). The van der Waals surface area contributed by atoms with Crippen LogP contribution in [-0.2, 0) is 25.7 Å². The molecule has 0 aliphatic heterocycles. The molecule has 0 bridgehead atoms. The molecule has 4 N–H and O–H groups in total. The van der Waals surface area contributed by atoms with Gasteiger partial charge in [-0.05, 0) is 57.2 Å². The van der Waals surface area contributed by atoms with Crippen LogP contribution in [0.15, 0.2) is 54.6 Å². The van der Waals surface area contributed by atoms with E-state index in [-0.39, 0.29) is 18.7 Å². The molecule has 2 aromatic rings. The summed E-state index contributed by atoms with van der Waals surface area (Å²) in [6.45, 7) is 9.74. The summed E-state index contributed by atoms with van der Waals surface area (Å²) in [6, 6.07) is 14.9. The smallest absolute Gasteiger partial charge is 0.408 e. The summed E-state index contributed by atoms with van der Waals surface area (Å²) in [5.41, 5.74) is 7.08. The number of carbonyl (C=O) groups is 4. The highest BCUT2D eigenvalue weighted by Gasteiger charge is 2.36. The lowest BCUT2D eigenvalue weighted by molar-refractivity contribution is -0.143. The van der Waals surface area contributed by atoms with Crippen molar-refractivity contribution in [1.82, 2.24) is 15.5 Å². The Morgan fingerprint density at radius 2 is 1.61 bits per heavy atom. The van der Waals surface area contributed by atoms with Crippen molar-refractivity contribution >= 4 is 23.8 Å². The first-order valence-corrected chi connectivity index (χ1v) is 14.4. The Morgan fingerprint density at radius 3 is 2.22 bits per heavy atom. The maximum atomic E-state index is 14.2. The van der Waals surface area contributed by atoms with Crippen molar-refractivity contribution in [1.29, 1.82) is 0 Å². The minimum absolute atomic E-state index is 0.0228. The molecule has 0 saturated carbocycles. The molecule has 0 fully saturated rings. The van der Waals surface area contributed by atoms with Crippen LogP contribution in [0.25, 0.3) is 0 Å². The number of ether oxygens (including phenoxy) is 1. The lowest BCUT2D eigenvalue weighted by Gasteiger charge is -2.35. The third-order valence-corrected chi connectivity index (χ3v) is 6.56. The third kappa shape index (κ3) is 11.6.